The highest BCUT2D eigenvalue weighted by Crippen LogP contribution is 2.40. The lowest BCUT2D eigenvalue weighted by atomic mass is 9.79. The van der Waals surface area contributed by atoms with Gasteiger partial charge in [0.1, 0.15) is 5.82 Å². The summed E-state index contributed by atoms with van der Waals surface area (Å²) in [4.78, 5) is 18.0. The van der Waals surface area contributed by atoms with Gasteiger partial charge in [-0.15, -0.1) is 11.3 Å². The molecule has 4 rings (SSSR count). The monoisotopic (exact) mass is 358 g/mol. The second-order valence-electron chi connectivity index (χ2n) is 7.39. The van der Waals surface area contributed by atoms with E-state index >= 15 is 0 Å². The zero-order valence-electron chi connectivity index (χ0n) is 14.3. The van der Waals surface area contributed by atoms with E-state index in [1.54, 1.807) is 0 Å². The van der Waals surface area contributed by atoms with Crippen LogP contribution in [0.25, 0.3) is 0 Å². The van der Waals surface area contributed by atoms with E-state index in [0.717, 1.165) is 56.0 Å². The molecule has 3 nitrogen and oxygen atoms in total. The number of halogens is 1. The molecular weight excluding hydrogens is 335 g/mol. The van der Waals surface area contributed by atoms with Crippen molar-refractivity contribution in [3.63, 3.8) is 0 Å². The Labute approximate surface area is 152 Å². The van der Waals surface area contributed by atoms with Gasteiger partial charge < -0.3 is 4.90 Å². The van der Waals surface area contributed by atoms with Crippen LogP contribution >= 0.6 is 11.3 Å². The number of piperidine rings is 1. The van der Waals surface area contributed by atoms with Gasteiger partial charge in [-0.2, -0.15) is 0 Å². The van der Waals surface area contributed by atoms with Gasteiger partial charge in [0, 0.05) is 31.6 Å². The average molecular weight is 358 g/mol. The van der Waals surface area contributed by atoms with E-state index < -0.39 is 0 Å². The van der Waals surface area contributed by atoms with Gasteiger partial charge in [0.15, 0.2) is 0 Å². The Kier molecular flexibility index (Phi) is 4.61. The van der Waals surface area contributed by atoms with Crippen molar-refractivity contribution in [1.82, 2.24) is 9.80 Å². The Morgan fingerprint density at radius 3 is 2.72 bits per heavy atom. The fourth-order valence-corrected chi connectivity index (χ4v) is 4.97. The molecule has 0 radical (unpaired) electrons. The van der Waals surface area contributed by atoms with E-state index in [9.17, 15) is 9.18 Å². The predicted molar refractivity (Wildman–Crippen MR) is 98.2 cm³/mol. The molecule has 1 spiro atoms. The second-order valence-corrected chi connectivity index (χ2v) is 8.34. The third-order valence-electron chi connectivity index (χ3n) is 5.52. The summed E-state index contributed by atoms with van der Waals surface area (Å²) < 4.78 is 13.1. The van der Waals surface area contributed by atoms with E-state index in [-0.39, 0.29) is 17.1 Å². The predicted octanol–water partition coefficient (Wildman–Crippen LogP) is 4.02. The molecule has 0 bridgehead atoms. The van der Waals surface area contributed by atoms with Gasteiger partial charge in [-0.25, -0.2) is 4.39 Å². The Balaban J connectivity index is 1.40. The van der Waals surface area contributed by atoms with Crippen molar-refractivity contribution in [1.29, 1.82) is 0 Å². The van der Waals surface area contributed by atoms with Crippen LogP contribution in [0.5, 0.6) is 0 Å². The molecule has 1 atom stereocenters. The summed E-state index contributed by atoms with van der Waals surface area (Å²) in [6.45, 7) is 4.68. The maximum absolute atomic E-state index is 13.1. The van der Waals surface area contributed by atoms with E-state index in [1.165, 1.54) is 29.9 Å². The highest BCUT2D eigenvalue weighted by Gasteiger charge is 2.42. The quantitative estimate of drug-likeness (QED) is 0.827. The lowest BCUT2D eigenvalue weighted by Crippen LogP contribution is -2.47. The summed E-state index contributed by atoms with van der Waals surface area (Å²) in [7, 11) is 0. The Bertz CT molecular complexity index is 731. The largest absolute Gasteiger partial charge is 0.337 e. The molecule has 1 amide bonds. The van der Waals surface area contributed by atoms with E-state index in [4.69, 9.17) is 0 Å². The van der Waals surface area contributed by atoms with Crippen molar-refractivity contribution in [3.05, 3.63) is 58.0 Å². The third-order valence-corrected chi connectivity index (χ3v) is 6.38. The average Bonchev–Trinajstić information content (AvgIpc) is 3.27. The number of hydrogen-bond acceptors (Lipinski definition) is 3. The number of thiophene rings is 1. The van der Waals surface area contributed by atoms with Crippen molar-refractivity contribution in [3.8, 4) is 0 Å². The molecule has 0 N–H and O–H groups in total. The van der Waals surface area contributed by atoms with Crippen LogP contribution in [0, 0.1) is 11.2 Å². The molecule has 1 aromatic carbocycles. The normalized spacial score (nSPS) is 24.1. The minimum Gasteiger partial charge on any atom is -0.337 e. The zero-order valence-corrected chi connectivity index (χ0v) is 15.1. The smallest absolute Gasteiger partial charge is 0.263 e. The van der Waals surface area contributed by atoms with Crippen LogP contribution in [0.15, 0.2) is 41.8 Å². The molecule has 0 unspecified atom stereocenters. The van der Waals surface area contributed by atoms with Gasteiger partial charge in [-0.1, -0.05) is 18.2 Å². The molecule has 25 heavy (non-hydrogen) atoms. The van der Waals surface area contributed by atoms with Gasteiger partial charge in [-0.05, 0) is 54.9 Å². The third kappa shape index (κ3) is 3.62. The molecule has 2 aliphatic heterocycles. The minimum absolute atomic E-state index is 0.184. The van der Waals surface area contributed by atoms with Crippen LogP contribution in [0.1, 0.15) is 34.5 Å². The fourth-order valence-electron chi connectivity index (χ4n) is 4.28. The first kappa shape index (κ1) is 16.7. The minimum atomic E-state index is -0.184. The van der Waals surface area contributed by atoms with Gasteiger partial charge in [-0.3, -0.25) is 9.69 Å². The molecular formula is C20H23FN2OS. The molecule has 2 aliphatic rings. The van der Waals surface area contributed by atoms with Crippen molar-refractivity contribution in [2.45, 2.75) is 25.8 Å². The number of benzene rings is 1. The Morgan fingerprint density at radius 1 is 1.12 bits per heavy atom. The number of carbonyl (C=O) groups is 1. The maximum Gasteiger partial charge on any atom is 0.263 e. The van der Waals surface area contributed by atoms with E-state index in [0.29, 0.717) is 0 Å². The van der Waals surface area contributed by atoms with Gasteiger partial charge in [0.05, 0.1) is 4.88 Å². The van der Waals surface area contributed by atoms with Gasteiger partial charge >= 0.3 is 0 Å². The Morgan fingerprint density at radius 2 is 1.96 bits per heavy atom. The van der Waals surface area contributed by atoms with Crippen molar-refractivity contribution >= 4 is 17.2 Å². The zero-order chi connectivity index (χ0) is 17.3. The first-order valence-corrected chi connectivity index (χ1v) is 9.81. The molecule has 0 aliphatic carbocycles. The van der Waals surface area contributed by atoms with Crippen LogP contribution in [-0.2, 0) is 6.54 Å². The molecule has 0 saturated carbocycles. The summed E-state index contributed by atoms with van der Waals surface area (Å²) in [5.74, 6) is 0.00251. The van der Waals surface area contributed by atoms with Crippen LogP contribution < -0.4 is 0 Å². The summed E-state index contributed by atoms with van der Waals surface area (Å²) in [6.07, 6.45) is 3.42. The molecule has 2 aromatic rings. The Hall–Kier alpha value is -1.72. The molecule has 5 heteroatoms. The summed E-state index contributed by atoms with van der Waals surface area (Å²) in [5, 5.41) is 1.97. The van der Waals surface area contributed by atoms with Crippen molar-refractivity contribution in [2.75, 3.05) is 26.2 Å². The van der Waals surface area contributed by atoms with Crippen LogP contribution in [0.3, 0.4) is 0 Å². The first-order chi connectivity index (χ1) is 12.1. The van der Waals surface area contributed by atoms with Gasteiger partial charge in [0.25, 0.3) is 5.91 Å². The number of nitrogens with zero attached hydrogens (tertiary/aromatic N) is 2. The molecule has 1 aromatic heterocycles. The number of rotatable bonds is 3. The summed E-state index contributed by atoms with van der Waals surface area (Å²) >= 11 is 1.53. The maximum atomic E-state index is 13.1. The van der Waals surface area contributed by atoms with Gasteiger partial charge in [0.2, 0.25) is 0 Å². The summed E-state index contributed by atoms with van der Waals surface area (Å²) in [6, 6.07) is 10.7. The van der Waals surface area contributed by atoms with Crippen LogP contribution in [0.2, 0.25) is 0 Å². The summed E-state index contributed by atoms with van der Waals surface area (Å²) in [5.41, 5.74) is 1.38. The molecule has 2 saturated heterocycles. The first-order valence-electron chi connectivity index (χ1n) is 8.93. The topological polar surface area (TPSA) is 23.6 Å². The highest BCUT2D eigenvalue weighted by molar-refractivity contribution is 7.12. The number of carbonyl (C=O) groups excluding carboxylic acids is 1. The highest BCUT2D eigenvalue weighted by atomic mass is 32.1. The SMILES string of the molecule is O=C(c1cccs1)N1CCC[C@]2(CCN(Cc3ccc(F)cc3)C2)C1. The number of likely N-dealkylation sites (tertiary alicyclic amines) is 2. The lowest BCUT2D eigenvalue weighted by molar-refractivity contribution is 0.0531. The lowest BCUT2D eigenvalue weighted by Gasteiger charge is -2.40. The van der Waals surface area contributed by atoms with Crippen molar-refractivity contribution in [2.24, 2.45) is 5.41 Å². The van der Waals surface area contributed by atoms with Crippen molar-refractivity contribution < 1.29 is 9.18 Å². The second kappa shape index (κ2) is 6.89. The molecule has 2 fully saturated rings. The number of hydrogen-bond donors (Lipinski definition) is 0. The van der Waals surface area contributed by atoms with Crippen LogP contribution in [0.4, 0.5) is 4.39 Å². The van der Waals surface area contributed by atoms with E-state index in [2.05, 4.69) is 9.80 Å². The number of amides is 1. The standard InChI is InChI=1S/C20H23FN2OS/c21-17-6-4-16(5-7-17)13-22-11-9-20(14-22)8-2-10-23(15-20)19(24)18-3-1-12-25-18/h1,3-7,12H,2,8-11,13-15H2/t20-/m1/s1. The van der Waals surface area contributed by atoms with Crippen LogP contribution in [-0.4, -0.2) is 41.9 Å². The molecule has 3 heterocycles. The fraction of sp³-hybridized carbons (Fsp3) is 0.450. The molecule has 132 valence electrons. The van der Waals surface area contributed by atoms with E-state index in [1.807, 2.05) is 29.6 Å².